The van der Waals surface area contributed by atoms with Gasteiger partial charge in [-0.2, -0.15) is 0 Å². The minimum atomic E-state index is -1.18. The fourth-order valence-corrected chi connectivity index (χ4v) is 5.41. The second-order valence-electron chi connectivity index (χ2n) is 8.12. The molecular formula is C26H18ClFN2O3S. The van der Waals surface area contributed by atoms with Gasteiger partial charge in [-0.3, -0.25) is 14.5 Å². The number of benzene rings is 3. The van der Waals surface area contributed by atoms with Gasteiger partial charge in [0.2, 0.25) is 0 Å². The van der Waals surface area contributed by atoms with Gasteiger partial charge in [0.05, 0.1) is 15.8 Å². The zero-order chi connectivity index (χ0) is 24.1. The van der Waals surface area contributed by atoms with E-state index in [1.54, 1.807) is 37.3 Å². The number of fused-ring (bicyclic) bond motifs is 1. The second-order valence-corrected chi connectivity index (χ2v) is 9.56. The lowest BCUT2D eigenvalue weighted by Gasteiger charge is -2.23. The topological polar surface area (TPSA) is 70.5 Å². The highest BCUT2D eigenvalue weighted by Crippen LogP contribution is 2.45. The van der Waals surface area contributed by atoms with Crippen LogP contribution in [0.5, 0.6) is 0 Å². The molecule has 0 radical (unpaired) electrons. The van der Waals surface area contributed by atoms with E-state index in [1.165, 1.54) is 18.2 Å². The third-order valence-corrected chi connectivity index (χ3v) is 7.09. The maximum Gasteiger partial charge on any atom is 0.301 e. The summed E-state index contributed by atoms with van der Waals surface area (Å²) in [5.74, 6) is -2.73. The van der Waals surface area contributed by atoms with Gasteiger partial charge in [-0.1, -0.05) is 58.8 Å². The number of hydrogen-bond acceptors (Lipinski definition) is 5. The van der Waals surface area contributed by atoms with Crippen LogP contribution in [0.4, 0.5) is 9.52 Å². The van der Waals surface area contributed by atoms with E-state index in [2.05, 4.69) is 4.98 Å². The average Bonchev–Trinajstić information content (AvgIpc) is 3.33. The van der Waals surface area contributed by atoms with Gasteiger partial charge >= 0.3 is 5.91 Å². The number of amides is 1. The summed E-state index contributed by atoms with van der Waals surface area (Å²) in [5.41, 5.74) is 2.50. The quantitative estimate of drug-likeness (QED) is 0.206. The van der Waals surface area contributed by atoms with E-state index < -0.39 is 23.5 Å². The third-order valence-electron chi connectivity index (χ3n) is 5.84. The maximum absolute atomic E-state index is 15.0. The van der Waals surface area contributed by atoms with Crippen molar-refractivity contribution in [3.63, 3.8) is 0 Å². The Bertz CT molecular complexity index is 1530. The number of anilines is 1. The summed E-state index contributed by atoms with van der Waals surface area (Å²) in [7, 11) is 0. The molecule has 8 heteroatoms. The molecule has 170 valence electrons. The van der Waals surface area contributed by atoms with Crippen LogP contribution in [-0.4, -0.2) is 21.8 Å². The van der Waals surface area contributed by atoms with Crippen molar-refractivity contribution in [2.24, 2.45) is 0 Å². The second kappa shape index (κ2) is 8.34. The zero-order valence-corrected chi connectivity index (χ0v) is 19.7. The van der Waals surface area contributed by atoms with E-state index in [0.29, 0.717) is 20.8 Å². The van der Waals surface area contributed by atoms with Crippen LogP contribution in [0.2, 0.25) is 5.02 Å². The first-order valence-corrected chi connectivity index (χ1v) is 11.6. The van der Waals surface area contributed by atoms with Crippen molar-refractivity contribution in [1.82, 2.24) is 4.98 Å². The average molecular weight is 493 g/mol. The molecule has 1 fully saturated rings. The molecule has 1 aromatic heterocycles. The van der Waals surface area contributed by atoms with Crippen molar-refractivity contribution in [1.29, 1.82) is 0 Å². The lowest BCUT2D eigenvalue weighted by Crippen LogP contribution is -2.29. The molecule has 4 aromatic rings. The number of aryl methyl sites for hydroxylation is 2. The molecule has 0 spiro atoms. The van der Waals surface area contributed by atoms with Crippen molar-refractivity contribution >= 4 is 55.7 Å². The normalized spacial score (nSPS) is 17.6. The monoisotopic (exact) mass is 492 g/mol. The van der Waals surface area contributed by atoms with Crippen LogP contribution >= 0.6 is 22.9 Å². The van der Waals surface area contributed by atoms with Gasteiger partial charge in [-0.15, -0.1) is 0 Å². The van der Waals surface area contributed by atoms with Crippen molar-refractivity contribution in [3.8, 4) is 0 Å². The number of carbonyl (C=O) groups excluding carboxylic acids is 2. The molecule has 2 heterocycles. The maximum atomic E-state index is 15.0. The largest absolute Gasteiger partial charge is 0.507 e. The lowest BCUT2D eigenvalue weighted by atomic mass is 9.93. The standard InChI is InChI=1S/C26H18ClFN2O3S/c1-13-7-8-14(2)17(11-13)23(31)21-22(16-5-3-4-6-18(16)28)30(25(33)24(21)32)26-29-19-10-9-15(27)12-20(19)34-26/h3-12,22,31H,1-2H3/b23-21+. The molecule has 1 unspecified atom stereocenters. The third kappa shape index (κ3) is 3.57. The number of hydrogen-bond donors (Lipinski definition) is 1. The van der Waals surface area contributed by atoms with E-state index in [9.17, 15) is 14.7 Å². The predicted molar refractivity (Wildman–Crippen MR) is 132 cm³/mol. The smallest absolute Gasteiger partial charge is 0.301 e. The Morgan fingerprint density at radius 2 is 1.85 bits per heavy atom. The fourth-order valence-electron chi connectivity index (χ4n) is 4.15. The van der Waals surface area contributed by atoms with Crippen LogP contribution in [0.1, 0.15) is 28.3 Å². The highest BCUT2D eigenvalue weighted by atomic mass is 35.5. The van der Waals surface area contributed by atoms with Crippen molar-refractivity contribution in [2.75, 3.05) is 4.90 Å². The molecule has 34 heavy (non-hydrogen) atoms. The molecule has 5 rings (SSSR count). The number of nitrogens with zero attached hydrogens (tertiary/aromatic N) is 2. The summed E-state index contributed by atoms with van der Waals surface area (Å²) < 4.78 is 15.8. The van der Waals surface area contributed by atoms with Gasteiger partial charge in [0.25, 0.3) is 5.78 Å². The predicted octanol–water partition coefficient (Wildman–Crippen LogP) is 6.33. The van der Waals surface area contributed by atoms with E-state index >= 15 is 4.39 Å². The van der Waals surface area contributed by atoms with Gasteiger partial charge in [-0.05, 0) is 49.7 Å². The molecular weight excluding hydrogens is 475 g/mol. The SMILES string of the molecule is Cc1ccc(C)c(/C(O)=C2\C(=O)C(=O)N(c3nc4ccc(Cl)cc4s3)C2c2ccccc2F)c1. The Hall–Kier alpha value is -3.55. The van der Waals surface area contributed by atoms with Gasteiger partial charge in [0.15, 0.2) is 5.13 Å². The van der Waals surface area contributed by atoms with Gasteiger partial charge in [-0.25, -0.2) is 9.37 Å². The van der Waals surface area contributed by atoms with Crippen LogP contribution in [0, 0.1) is 19.7 Å². The Morgan fingerprint density at radius 3 is 2.62 bits per heavy atom. The molecule has 1 amide bonds. The highest BCUT2D eigenvalue weighted by molar-refractivity contribution is 7.22. The van der Waals surface area contributed by atoms with Gasteiger partial charge in [0.1, 0.15) is 17.6 Å². The van der Waals surface area contributed by atoms with Crippen LogP contribution in [0.3, 0.4) is 0 Å². The van der Waals surface area contributed by atoms with Crippen molar-refractivity contribution in [3.05, 3.63) is 99.3 Å². The fraction of sp³-hybridized carbons (Fsp3) is 0.115. The molecule has 0 aliphatic carbocycles. The van der Waals surface area contributed by atoms with Gasteiger partial charge < -0.3 is 5.11 Å². The summed E-state index contributed by atoms with van der Waals surface area (Å²) in [6.07, 6.45) is 0. The van der Waals surface area contributed by atoms with Crippen molar-refractivity contribution in [2.45, 2.75) is 19.9 Å². The Kier molecular flexibility index (Phi) is 5.46. The number of Topliss-reactive ketones (excluding diaryl/α,β-unsaturated/α-hetero) is 1. The first-order chi connectivity index (χ1) is 16.3. The molecule has 0 bridgehead atoms. The summed E-state index contributed by atoms with van der Waals surface area (Å²) in [4.78, 5) is 32.3. The molecule has 1 atom stereocenters. The minimum Gasteiger partial charge on any atom is -0.507 e. The number of halogens is 2. The highest BCUT2D eigenvalue weighted by Gasteiger charge is 2.49. The molecule has 1 aliphatic heterocycles. The van der Waals surface area contributed by atoms with Gasteiger partial charge in [0, 0.05) is 16.1 Å². The minimum absolute atomic E-state index is 0.0887. The summed E-state index contributed by atoms with van der Waals surface area (Å²) in [6, 6.07) is 15.2. The van der Waals surface area contributed by atoms with Crippen LogP contribution < -0.4 is 4.90 Å². The van der Waals surface area contributed by atoms with Crippen LogP contribution in [-0.2, 0) is 9.59 Å². The number of aromatic nitrogens is 1. The molecule has 1 saturated heterocycles. The number of aliphatic hydroxyl groups is 1. The molecule has 1 N–H and O–H groups in total. The van der Waals surface area contributed by atoms with E-state index in [1.807, 2.05) is 19.1 Å². The summed E-state index contributed by atoms with van der Waals surface area (Å²) in [6.45, 7) is 3.65. The first-order valence-electron chi connectivity index (χ1n) is 10.5. The molecule has 1 aliphatic rings. The molecule has 0 saturated carbocycles. The number of aliphatic hydroxyl groups excluding tert-OH is 1. The van der Waals surface area contributed by atoms with E-state index in [-0.39, 0.29) is 22.0 Å². The molecule has 3 aromatic carbocycles. The summed E-state index contributed by atoms with van der Waals surface area (Å²) >= 11 is 7.26. The van der Waals surface area contributed by atoms with E-state index in [4.69, 9.17) is 11.6 Å². The molecule has 5 nitrogen and oxygen atoms in total. The number of carbonyl (C=O) groups is 2. The number of thiazole rings is 1. The van der Waals surface area contributed by atoms with Crippen molar-refractivity contribution < 1.29 is 19.1 Å². The zero-order valence-electron chi connectivity index (χ0n) is 18.2. The van der Waals surface area contributed by atoms with Crippen LogP contribution in [0.15, 0.2) is 66.2 Å². The Labute approximate surface area is 203 Å². The number of ketones is 1. The van der Waals surface area contributed by atoms with E-state index in [0.717, 1.165) is 27.4 Å². The first kappa shape index (κ1) is 22.3. The Balaban J connectivity index is 1.78. The lowest BCUT2D eigenvalue weighted by molar-refractivity contribution is -0.132. The number of rotatable bonds is 3. The van der Waals surface area contributed by atoms with Crippen LogP contribution in [0.25, 0.3) is 16.0 Å². The summed E-state index contributed by atoms with van der Waals surface area (Å²) in [5, 5.41) is 12.0. The Morgan fingerprint density at radius 1 is 1.09 bits per heavy atom.